The van der Waals surface area contributed by atoms with Crippen LogP contribution in [0.4, 0.5) is 16.2 Å². The van der Waals surface area contributed by atoms with Gasteiger partial charge in [0.25, 0.3) is 0 Å². The molecule has 0 aliphatic carbocycles. The number of benzene rings is 2. The number of anilines is 2. The number of halogens is 1. The average molecular weight is 358 g/mol. The molecule has 1 aliphatic rings. The lowest BCUT2D eigenvalue weighted by atomic mass is 10.1. The van der Waals surface area contributed by atoms with Crippen LogP contribution in [-0.2, 0) is 11.2 Å². The molecule has 25 heavy (non-hydrogen) atoms. The maximum Gasteiger partial charge on any atom is 0.325 e. The highest BCUT2D eigenvalue weighted by Crippen LogP contribution is 2.23. The summed E-state index contributed by atoms with van der Waals surface area (Å²) in [5.41, 5.74) is 2.70. The summed E-state index contributed by atoms with van der Waals surface area (Å²) in [6.45, 7) is 3.16. The van der Waals surface area contributed by atoms with Gasteiger partial charge in [0, 0.05) is 29.5 Å². The molecule has 0 saturated carbocycles. The summed E-state index contributed by atoms with van der Waals surface area (Å²) in [5.74, 6) is -0.203. The molecule has 1 saturated heterocycles. The molecule has 2 aromatic carbocycles. The van der Waals surface area contributed by atoms with Crippen LogP contribution in [0.5, 0.6) is 0 Å². The van der Waals surface area contributed by atoms with Crippen LogP contribution in [0.2, 0.25) is 5.02 Å². The summed E-state index contributed by atoms with van der Waals surface area (Å²) in [5, 5.41) is 3.41. The molecule has 3 amide bonds. The minimum atomic E-state index is -0.203. The van der Waals surface area contributed by atoms with Crippen molar-refractivity contribution in [1.82, 2.24) is 4.90 Å². The molecule has 0 unspecified atom stereocenters. The van der Waals surface area contributed by atoms with Crippen molar-refractivity contribution in [2.24, 2.45) is 0 Å². The molecule has 0 aromatic heterocycles. The first-order chi connectivity index (χ1) is 12.1. The van der Waals surface area contributed by atoms with Crippen LogP contribution in [0.25, 0.3) is 0 Å². The molecule has 6 heteroatoms. The third-order valence-electron chi connectivity index (χ3n) is 4.20. The normalized spacial score (nSPS) is 14.1. The number of carbonyl (C=O) groups is 2. The number of hydrogen-bond donors (Lipinski definition) is 1. The highest BCUT2D eigenvalue weighted by Gasteiger charge is 2.30. The molecule has 2 aromatic rings. The number of rotatable bonds is 5. The van der Waals surface area contributed by atoms with Gasteiger partial charge in [0.2, 0.25) is 5.91 Å². The predicted octanol–water partition coefficient (Wildman–Crippen LogP) is 3.78. The highest BCUT2D eigenvalue weighted by molar-refractivity contribution is 6.30. The Labute approximate surface area is 152 Å². The van der Waals surface area contributed by atoms with E-state index in [1.807, 2.05) is 30.3 Å². The summed E-state index contributed by atoms with van der Waals surface area (Å²) >= 11 is 5.99. The molecule has 0 radical (unpaired) electrons. The molecule has 130 valence electrons. The van der Waals surface area contributed by atoms with E-state index < -0.39 is 0 Å². The number of aryl methyl sites for hydroxylation is 1. The lowest BCUT2D eigenvalue weighted by molar-refractivity contribution is -0.116. The van der Waals surface area contributed by atoms with Gasteiger partial charge < -0.3 is 10.2 Å². The largest absolute Gasteiger partial charge is 0.325 e. The topological polar surface area (TPSA) is 52.7 Å². The highest BCUT2D eigenvalue weighted by atomic mass is 35.5. The second kappa shape index (κ2) is 7.57. The van der Waals surface area contributed by atoms with Gasteiger partial charge in [0.15, 0.2) is 0 Å². The summed E-state index contributed by atoms with van der Waals surface area (Å²) in [7, 11) is 0. The van der Waals surface area contributed by atoms with Crippen LogP contribution in [-0.4, -0.2) is 36.5 Å². The number of amides is 3. The maximum atomic E-state index is 12.5. The van der Waals surface area contributed by atoms with Crippen molar-refractivity contribution in [1.29, 1.82) is 0 Å². The van der Waals surface area contributed by atoms with Crippen molar-refractivity contribution in [3.63, 3.8) is 0 Å². The first-order valence-electron chi connectivity index (χ1n) is 8.27. The fourth-order valence-corrected chi connectivity index (χ4v) is 3.00. The Hall–Kier alpha value is -2.53. The van der Waals surface area contributed by atoms with Gasteiger partial charge in [-0.05, 0) is 42.3 Å². The van der Waals surface area contributed by atoms with E-state index in [4.69, 9.17) is 11.6 Å². The Bertz CT molecular complexity index is 776. The molecule has 1 heterocycles. The van der Waals surface area contributed by atoms with Crippen molar-refractivity contribution >= 4 is 34.9 Å². The van der Waals surface area contributed by atoms with Crippen LogP contribution in [0, 0.1) is 0 Å². The first kappa shape index (κ1) is 17.3. The van der Waals surface area contributed by atoms with Gasteiger partial charge in [-0.25, -0.2) is 4.79 Å². The van der Waals surface area contributed by atoms with Gasteiger partial charge in [-0.2, -0.15) is 0 Å². The zero-order valence-corrected chi connectivity index (χ0v) is 14.8. The van der Waals surface area contributed by atoms with Gasteiger partial charge in [-0.15, -0.1) is 0 Å². The SMILES string of the molecule is CCc1ccc(NC(=O)CN2CCN(c3cccc(Cl)c3)C2=O)cc1. The lowest BCUT2D eigenvalue weighted by Gasteiger charge is -2.18. The van der Waals surface area contributed by atoms with Gasteiger partial charge in [-0.3, -0.25) is 9.69 Å². The standard InChI is InChI=1S/C19H20ClN3O2/c1-2-14-6-8-16(9-7-14)21-18(24)13-22-10-11-23(19(22)25)17-5-3-4-15(20)12-17/h3-9,12H,2,10-11,13H2,1H3,(H,21,24). The molecule has 1 fully saturated rings. The molecular weight excluding hydrogens is 338 g/mol. The fraction of sp³-hybridized carbons (Fsp3) is 0.263. The van der Waals surface area contributed by atoms with Crippen molar-refractivity contribution in [2.75, 3.05) is 29.9 Å². The Kier molecular flexibility index (Phi) is 5.24. The van der Waals surface area contributed by atoms with Gasteiger partial charge in [0.05, 0.1) is 0 Å². The second-order valence-corrected chi connectivity index (χ2v) is 6.37. The number of nitrogens with one attached hydrogen (secondary N) is 1. The van der Waals surface area contributed by atoms with Crippen LogP contribution in [0.1, 0.15) is 12.5 Å². The van der Waals surface area contributed by atoms with Crippen molar-refractivity contribution in [3.05, 3.63) is 59.1 Å². The average Bonchev–Trinajstić information content (AvgIpc) is 2.96. The molecular formula is C19H20ClN3O2. The maximum absolute atomic E-state index is 12.5. The van der Waals surface area contributed by atoms with E-state index in [1.165, 1.54) is 10.5 Å². The van der Waals surface area contributed by atoms with E-state index in [0.717, 1.165) is 17.8 Å². The molecule has 0 atom stereocenters. The van der Waals surface area contributed by atoms with E-state index >= 15 is 0 Å². The minimum Gasteiger partial charge on any atom is -0.325 e. The Morgan fingerprint density at radius 1 is 1.16 bits per heavy atom. The van der Waals surface area contributed by atoms with E-state index in [1.54, 1.807) is 23.1 Å². The summed E-state index contributed by atoms with van der Waals surface area (Å²) in [6, 6.07) is 14.7. The van der Waals surface area contributed by atoms with E-state index in [2.05, 4.69) is 12.2 Å². The number of carbonyl (C=O) groups excluding carboxylic acids is 2. The number of nitrogens with zero attached hydrogens (tertiary/aromatic N) is 2. The minimum absolute atomic E-state index is 0.0332. The fourth-order valence-electron chi connectivity index (χ4n) is 2.81. The molecule has 5 nitrogen and oxygen atoms in total. The van der Waals surface area contributed by atoms with E-state index in [-0.39, 0.29) is 18.5 Å². The lowest BCUT2D eigenvalue weighted by Crippen LogP contribution is -2.37. The van der Waals surface area contributed by atoms with Crippen LogP contribution < -0.4 is 10.2 Å². The van der Waals surface area contributed by atoms with E-state index in [0.29, 0.717) is 18.1 Å². The second-order valence-electron chi connectivity index (χ2n) is 5.93. The third kappa shape index (κ3) is 4.12. The molecule has 1 aliphatic heterocycles. The number of hydrogen-bond acceptors (Lipinski definition) is 2. The summed E-state index contributed by atoms with van der Waals surface area (Å²) in [4.78, 5) is 27.9. The molecule has 0 spiro atoms. The molecule has 3 rings (SSSR count). The van der Waals surface area contributed by atoms with E-state index in [9.17, 15) is 9.59 Å². The van der Waals surface area contributed by atoms with Crippen LogP contribution >= 0.6 is 11.6 Å². The van der Waals surface area contributed by atoms with Crippen molar-refractivity contribution in [2.45, 2.75) is 13.3 Å². The van der Waals surface area contributed by atoms with Gasteiger partial charge in [0.1, 0.15) is 6.54 Å². The molecule has 0 bridgehead atoms. The summed E-state index contributed by atoms with van der Waals surface area (Å²) in [6.07, 6.45) is 0.954. The monoisotopic (exact) mass is 357 g/mol. The Balaban J connectivity index is 1.59. The predicted molar refractivity (Wildman–Crippen MR) is 100 cm³/mol. The van der Waals surface area contributed by atoms with Crippen LogP contribution in [0.3, 0.4) is 0 Å². The smallest absolute Gasteiger partial charge is 0.325 e. The van der Waals surface area contributed by atoms with Crippen LogP contribution in [0.15, 0.2) is 48.5 Å². The quantitative estimate of drug-likeness (QED) is 0.885. The Morgan fingerprint density at radius 2 is 1.92 bits per heavy atom. The van der Waals surface area contributed by atoms with Gasteiger partial charge >= 0.3 is 6.03 Å². The first-order valence-corrected chi connectivity index (χ1v) is 8.65. The van der Waals surface area contributed by atoms with Crippen molar-refractivity contribution in [3.8, 4) is 0 Å². The zero-order chi connectivity index (χ0) is 17.8. The third-order valence-corrected chi connectivity index (χ3v) is 4.43. The zero-order valence-electron chi connectivity index (χ0n) is 14.0. The summed E-state index contributed by atoms with van der Waals surface area (Å²) < 4.78 is 0. The van der Waals surface area contributed by atoms with Gasteiger partial charge in [-0.1, -0.05) is 36.7 Å². The Morgan fingerprint density at radius 3 is 2.60 bits per heavy atom. The number of urea groups is 1. The molecule has 1 N–H and O–H groups in total. The van der Waals surface area contributed by atoms with Crippen molar-refractivity contribution < 1.29 is 9.59 Å².